The second kappa shape index (κ2) is 10.8. The van der Waals surface area contributed by atoms with Crippen molar-refractivity contribution in [3.8, 4) is 11.8 Å². The van der Waals surface area contributed by atoms with Crippen LogP contribution in [0.3, 0.4) is 0 Å². The maximum Gasteiger partial charge on any atom is 0.329 e. The fourth-order valence-corrected chi connectivity index (χ4v) is 6.75. The summed E-state index contributed by atoms with van der Waals surface area (Å²) < 4.78 is 69.4. The number of ether oxygens (including phenoxy) is 2. The van der Waals surface area contributed by atoms with E-state index < -0.39 is 39.7 Å². The van der Waals surface area contributed by atoms with Crippen molar-refractivity contribution in [1.82, 2.24) is 10.3 Å². The maximum atomic E-state index is 15.7. The third-order valence-corrected chi connectivity index (χ3v) is 8.82. The molecular formula is C30H24F4N4O3S. The molecule has 3 atom stereocenters. The van der Waals surface area contributed by atoms with E-state index in [1.807, 2.05) is 6.07 Å². The number of fused-ring (bicyclic) bond motifs is 1. The molecule has 5 rings (SSSR count). The lowest BCUT2D eigenvalue weighted by Gasteiger charge is -2.33. The van der Waals surface area contributed by atoms with E-state index in [-0.39, 0.29) is 34.1 Å². The summed E-state index contributed by atoms with van der Waals surface area (Å²) in [6.45, 7) is 1.50. The topological polar surface area (TPSA) is 96.6 Å². The molecule has 0 spiro atoms. The number of nitriles is 1. The van der Waals surface area contributed by atoms with Crippen LogP contribution in [0.5, 0.6) is 5.75 Å². The number of carbonyl (C=O) groups is 1. The molecule has 1 aliphatic heterocycles. The highest BCUT2D eigenvalue weighted by Gasteiger charge is 2.92. The van der Waals surface area contributed by atoms with Crippen LogP contribution in [0.25, 0.3) is 11.9 Å². The van der Waals surface area contributed by atoms with Crippen molar-refractivity contribution in [2.24, 2.45) is 10.9 Å². The lowest BCUT2D eigenvalue weighted by molar-refractivity contribution is -0.143. The van der Waals surface area contributed by atoms with Gasteiger partial charge >= 0.3 is 5.97 Å². The number of aliphatic imine (C=N–C) groups is 1. The first kappa shape index (κ1) is 29.1. The number of aromatic nitrogens is 1. The Hall–Kier alpha value is -4.37. The molecular weight excluding hydrogens is 572 g/mol. The van der Waals surface area contributed by atoms with Crippen molar-refractivity contribution in [3.63, 3.8) is 0 Å². The van der Waals surface area contributed by atoms with Gasteiger partial charge in [-0.25, -0.2) is 17.6 Å². The number of hydrogen-bond acceptors (Lipinski definition) is 8. The van der Waals surface area contributed by atoms with Crippen molar-refractivity contribution in [2.45, 2.75) is 29.7 Å². The van der Waals surface area contributed by atoms with Crippen molar-refractivity contribution in [1.29, 1.82) is 5.26 Å². The molecule has 1 fully saturated rings. The molecule has 0 bridgehead atoms. The van der Waals surface area contributed by atoms with Crippen LogP contribution < -0.4 is 10.1 Å². The van der Waals surface area contributed by atoms with Crippen molar-refractivity contribution >= 4 is 34.8 Å². The minimum absolute atomic E-state index is 0.000418. The number of carbonyl (C=O) groups excluding carboxylic acids is 1. The van der Waals surface area contributed by atoms with Gasteiger partial charge in [0.05, 0.1) is 36.9 Å². The first-order valence-electron chi connectivity index (χ1n) is 12.7. The van der Waals surface area contributed by atoms with E-state index in [9.17, 15) is 4.79 Å². The molecule has 1 aromatic heterocycles. The van der Waals surface area contributed by atoms with Gasteiger partial charge in [-0.3, -0.25) is 14.8 Å². The van der Waals surface area contributed by atoms with Crippen LogP contribution >= 0.6 is 11.8 Å². The quantitative estimate of drug-likeness (QED) is 0.270. The minimum Gasteiger partial charge on any atom is -0.497 e. The van der Waals surface area contributed by atoms with Crippen LogP contribution in [0.1, 0.15) is 34.9 Å². The smallest absolute Gasteiger partial charge is 0.329 e. The average Bonchev–Trinajstić information content (AvgIpc) is 3.53. The third-order valence-electron chi connectivity index (χ3n) is 7.39. The molecule has 0 unspecified atom stereocenters. The molecule has 2 aromatic carbocycles. The van der Waals surface area contributed by atoms with Crippen LogP contribution in [0, 0.1) is 23.1 Å². The Kier molecular flexibility index (Phi) is 7.49. The van der Waals surface area contributed by atoms with Crippen molar-refractivity contribution < 1.29 is 31.8 Å². The predicted molar refractivity (Wildman–Crippen MR) is 150 cm³/mol. The molecule has 2 heterocycles. The Morgan fingerprint density at radius 2 is 1.90 bits per heavy atom. The number of nitrogens with one attached hydrogen (secondary N) is 1. The summed E-state index contributed by atoms with van der Waals surface area (Å²) in [5.74, 6) is -7.48. The lowest BCUT2D eigenvalue weighted by atomic mass is 9.84. The second-order valence-electron chi connectivity index (χ2n) is 9.93. The maximum absolute atomic E-state index is 15.7. The Morgan fingerprint density at radius 3 is 2.52 bits per heavy atom. The number of hydrogen-bond donors (Lipinski definition) is 1. The summed E-state index contributed by atoms with van der Waals surface area (Å²) in [5.41, 5.74) is -1.05. The number of esters is 1. The molecule has 12 heteroatoms. The average molecular weight is 597 g/mol. The van der Waals surface area contributed by atoms with Gasteiger partial charge in [0.1, 0.15) is 23.5 Å². The molecule has 42 heavy (non-hydrogen) atoms. The molecule has 0 amide bonds. The van der Waals surface area contributed by atoms with Gasteiger partial charge in [0.15, 0.2) is 9.91 Å². The van der Waals surface area contributed by atoms with Gasteiger partial charge in [0, 0.05) is 18.3 Å². The van der Waals surface area contributed by atoms with E-state index in [1.165, 1.54) is 44.5 Å². The zero-order valence-electron chi connectivity index (χ0n) is 22.6. The molecule has 3 aromatic rings. The first-order valence-corrected chi connectivity index (χ1v) is 13.5. The number of alkyl halides is 2. The Morgan fingerprint density at radius 1 is 1.17 bits per heavy atom. The van der Waals surface area contributed by atoms with Crippen LogP contribution in [0.2, 0.25) is 0 Å². The van der Waals surface area contributed by atoms with Gasteiger partial charge in [-0.15, -0.1) is 0 Å². The highest BCUT2D eigenvalue weighted by Crippen LogP contribution is 2.75. The minimum atomic E-state index is -3.59. The summed E-state index contributed by atoms with van der Waals surface area (Å²) in [7, 11) is 2.55. The van der Waals surface area contributed by atoms with Crippen molar-refractivity contribution in [2.75, 3.05) is 14.2 Å². The molecule has 0 radical (unpaired) electrons. The zero-order chi connectivity index (χ0) is 30.3. The monoisotopic (exact) mass is 596 g/mol. The summed E-state index contributed by atoms with van der Waals surface area (Å²) in [6.07, 6.45) is 2.28. The molecule has 1 aliphatic carbocycles. The number of thioether (sulfide) groups is 1. The third kappa shape index (κ3) is 4.77. The van der Waals surface area contributed by atoms with Gasteiger partial charge in [-0.2, -0.15) is 5.26 Å². The molecule has 7 nitrogen and oxygen atoms in total. The number of methoxy groups -OCH3 is 2. The number of halogens is 4. The molecule has 2 aliphatic rings. The van der Waals surface area contributed by atoms with E-state index in [1.54, 1.807) is 24.3 Å². The van der Waals surface area contributed by atoms with E-state index in [4.69, 9.17) is 14.7 Å². The Balaban J connectivity index is 1.54. The summed E-state index contributed by atoms with van der Waals surface area (Å²) in [6, 6.07) is 15.2. The normalized spacial score (nSPS) is 24.1. The van der Waals surface area contributed by atoms with Crippen LogP contribution in [0.4, 0.5) is 17.6 Å². The summed E-state index contributed by atoms with van der Waals surface area (Å²) >= 11 is 0.556. The zero-order valence-corrected chi connectivity index (χ0v) is 23.4. The number of nitrogens with zero attached hydrogens (tertiary/aromatic N) is 3. The number of rotatable bonds is 7. The van der Waals surface area contributed by atoms with E-state index in [0.717, 1.165) is 24.8 Å². The van der Waals surface area contributed by atoms with Gasteiger partial charge in [0.2, 0.25) is 0 Å². The second-order valence-corrected chi connectivity index (χ2v) is 11.2. The highest BCUT2D eigenvalue weighted by atomic mass is 32.2. The Bertz CT molecular complexity index is 1640. The first-order chi connectivity index (χ1) is 20.0. The lowest BCUT2D eigenvalue weighted by Crippen LogP contribution is -2.41. The van der Waals surface area contributed by atoms with Crippen LogP contribution in [0.15, 0.2) is 65.8 Å². The molecule has 0 saturated heterocycles. The van der Waals surface area contributed by atoms with E-state index >= 15 is 17.6 Å². The number of pyridine rings is 1. The SMILES string of the molecule is COC(=O)[C@]12SC(NCc3ccc(OC)cc3)=N[C@@](C)(c3cc(/C=C(\F)c4ccc(C#N)cn4)ccc3F)[C@H]1C2(F)F. The van der Waals surface area contributed by atoms with Gasteiger partial charge in [0.25, 0.3) is 5.92 Å². The van der Waals surface area contributed by atoms with Crippen LogP contribution in [-0.2, 0) is 21.6 Å². The standard InChI is InChI=1S/C30H24F4N4O3S/c1-28(21-12-18(6-10-22(21)31)13-23(32)24-11-7-19(14-35)16-36-24)25-29(26(39)41-3,30(25,33)34)42-27(38-28)37-15-17-4-8-20(40-2)9-5-17/h4-13,16,25H,15H2,1-3H3,(H,37,38)/b23-13-/t25-,28+,29-/m1/s1. The predicted octanol–water partition coefficient (Wildman–Crippen LogP) is 5.85. The van der Waals surface area contributed by atoms with E-state index in [2.05, 4.69) is 15.3 Å². The summed E-state index contributed by atoms with van der Waals surface area (Å²) in [4.78, 5) is 21.3. The number of benzene rings is 2. The summed E-state index contributed by atoms with van der Waals surface area (Å²) in [5, 5.41) is 11.9. The van der Waals surface area contributed by atoms with Gasteiger partial charge in [-0.05, 0) is 60.5 Å². The Labute approximate surface area is 243 Å². The van der Waals surface area contributed by atoms with Gasteiger partial charge < -0.3 is 14.8 Å². The molecule has 1 saturated carbocycles. The highest BCUT2D eigenvalue weighted by molar-refractivity contribution is 8.16. The molecule has 216 valence electrons. The largest absolute Gasteiger partial charge is 0.497 e. The fourth-order valence-electron chi connectivity index (χ4n) is 5.21. The molecule has 1 N–H and O–H groups in total. The van der Waals surface area contributed by atoms with Gasteiger partial charge in [-0.1, -0.05) is 30.0 Å². The fraction of sp³-hybridized carbons (Fsp3) is 0.267. The van der Waals surface area contributed by atoms with Crippen molar-refractivity contribution in [3.05, 3.63) is 94.6 Å². The van der Waals surface area contributed by atoms with E-state index in [0.29, 0.717) is 17.5 Å². The van der Waals surface area contributed by atoms with Crippen LogP contribution in [-0.4, -0.2) is 41.0 Å². The number of amidine groups is 1.